The molecule has 0 saturated carbocycles. The van der Waals surface area contributed by atoms with E-state index in [1.807, 2.05) is 29.8 Å². The minimum Gasteiger partial charge on any atom is -0.350 e. The van der Waals surface area contributed by atoms with Gasteiger partial charge in [0.15, 0.2) is 0 Å². The summed E-state index contributed by atoms with van der Waals surface area (Å²) in [5.74, 6) is -0.437. The van der Waals surface area contributed by atoms with Crippen LogP contribution in [0, 0.1) is 5.82 Å². The maximum Gasteiger partial charge on any atom is 0.267 e. The average Bonchev–Trinajstić information content (AvgIpc) is 2.86. The molecule has 0 aliphatic heterocycles. The molecule has 0 atom stereocenters. The second-order valence-electron chi connectivity index (χ2n) is 5.40. The summed E-state index contributed by atoms with van der Waals surface area (Å²) in [6.07, 6.45) is 0.578. The Morgan fingerprint density at radius 3 is 2.74 bits per heavy atom. The Labute approximate surface area is 138 Å². The van der Waals surface area contributed by atoms with Crippen LogP contribution in [0.4, 0.5) is 4.39 Å². The van der Waals surface area contributed by atoms with E-state index in [0.717, 1.165) is 16.5 Å². The van der Waals surface area contributed by atoms with Crippen molar-refractivity contribution in [1.82, 2.24) is 9.88 Å². The number of rotatable bonds is 4. The predicted molar refractivity (Wildman–Crippen MR) is 90.4 cm³/mol. The van der Waals surface area contributed by atoms with Crippen molar-refractivity contribution in [3.8, 4) is 0 Å². The predicted octanol–water partition coefficient (Wildman–Crippen LogP) is 3.94. The van der Waals surface area contributed by atoms with E-state index in [-0.39, 0.29) is 11.7 Å². The molecule has 0 radical (unpaired) electrons. The van der Waals surface area contributed by atoms with E-state index in [9.17, 15) is 9.18 Å². The van der Waals surface area contributed by atoms with E-state index in [4.69, 9.17) is 11.6 Å². The van der Waals surface area contributed by atoms with Gasteiger partial charge in [-0.25, -0.2) is 4.39 Å². The number of hydrogen-bond acceptors (Lipinski definition) is 1. The smallest absolute Gasteiger partial charge is 0.267 e. The fraction of sp³-hybridized carbons (Fsp3) is 0.167. The van der Waals surface area contributed by atoms with Crippen LogP contribution >= 0.6 is 11.6 Å². The molecule has 2 aromatic carbocycles. The number of aryl methyl sites for hydroxylation is 1. The number of benzene rings is 2. The number of nitrogens with zero attached hydrogens (tertiary/aromatic N) is 1. The number of nitrogens with one attached hydrogen (secondary N) is 1. The summed E-state index contributed by atoms with van der Waals surface area (Å²) in [5, 5.41) is 4.34. The Morgan fingerprint density at radius 1 is 1.22 bits per heavy atom. The molecular formula is C18H16ClFN2O. The highest BCUT2D eigenvalue weighted by molar-refractivity contribution is 6.35. The number of fused-ring (bicyclic) bond motifs is 1. The zero-order valence-corrected chi connectivity index (χ0v) is 13.4. The lowest BCUT2D eigenvalue weighted by molar-refractivity contribution is 0.0946. The molecule has 0 aliphatic rings. The summed E-state index contributed by atoms with van der Waals surface area (Å²) < 4.78 is 14.9. The molecule has 0 bridgehead atoms. The molecule has 0 fully saturated rings. The zero-order chi connectivity index (χ0) is 16.4. The third kappa shape index (κ3) is 3.22. The third-order valence-electron chi connectivity index (χ3n) is 3.85. The van der Waals surface area contributed by atoms with E-state index < -0.39 is 0 Å². The van der Waals surface area contributed by atoms with Crippen molar-refractivity contribution in [2.75, 3.05) is 6.54 Å². The van der Waals surface area contributed by atoms with Gasteiger partial charge in [0.25, 0.3) is 5.91 Å². The second kappa shape index (κ2) is 6.42. The Kier molecular flexibility index (Phi) is 4.35. The van der Waals surface area contributed by atoms with Crippen LogP contribution < -0.4 is 5.32 Å². The van der Waals surface area contributed by atoms with Gasteiger partial charge in [0.2, 0.25) is 0 Å². The number of aromatic nitrogens is 1. The molecule has 1 N–H and O–H groups in total. The number of halogens is 2. The number of carbonyl (C=O) groups excluding carboxylic acids is 1. The number of hydrogen-bond donors (Lipinski definition) is 1. The fourth-order valence-electron chi connectivity index (χ4n) is 2.65. The monoisotopic (exact) mass is 330 g/mol. The maximum atomic E-state index is 13.1. The van der Waals surface area contributed by atoms with Crippen LogP contribution in [0.5, 0.6) is 0 Å². The maximum absolute atomic E-state index is 13.1. The molecule has 3 rings (SSSR count). The lowest BCUT2D eigenvalue weighted by atomic mass is 10.1. The van der Waals surface area contributed by atoms with Gasteiger partial charge in [-0.3, -0.25) is 4.79 Å². The first-order valence-corrected chi connectivity index (χ1v) is 7.70. The number of amides is 1. The van der Waals surface area contributed by atoms with Gasteiger partial charge in [0, 0.05) is 29.5 Å². The van der Waals surface area contributed by atoms with Crippen molar-refractivity contribution in [2.24, 2.45) is 7.05 Å². The minimum absolute atomic E-state index is 0.170. The Bertz CT molecular complexity index is 873. The first-order valence-electron chi connectivity index (χ1n) is 7.33. The van der Waals surface area contributed by atoms with Crippen molar-refractivity contribution >= 4 is 28.4 Å². The van der Waals surface area contributed by atoms with Crippen molar-refractivity contribution in [3.05, 3.63) is 70.6 Å². The molecular weight excluding hydrogens is 315 g/mol. The molecule has 0 spiro atoms. The molecule has 3 nitrogen and oxygen atoms in total. The molecule has 0 unspecified atom stereocenters. The van der Waals surface area contributed by atoms with Gasteiger partial charge in [-0.2, -0.15) is 0 Å². The highest BCUT2D eigenvalue weighted by atomic mass is 35.5. The molecule has 118 valence electrons. The van der Waals surface area contributed by atoms with E-state index in [1.54, 1.807) is 18.2 Å². The number of carbonyl (C=O) groups is 1. The second-order valence-corrected chi connectivity index (χ2v) is 5.80. The van der Waals surface area contributed by atoms with Gasteiger partial charge in [0.1, 0.15) is 11.5 Å². The summed E-state index contributed by atoms with van der Waals surface area (Å²) in [5.41, 5.74) is 2.31. The molecule has 0 aliphatic carbocycles. The van der Waals surface area contributed by atoms with E-state index in [0.29, 0.717) is 23.7 Å². The van der Waals surface area contributed by atoms with Crippen LogP contribution in [0.2, 0.25) is 5.02 Å². The molecule has 1 amide bonds. The minimum atomic E-state index is -0.267. The van der Waals surface area contributed by atoms with Crippen LogP contribution in [0.25, 0.3) is 10.9 Å². The molecule has 1 aromatic heterocycles. The SMILES string of the molecule is Cn1c(C(=O)NCCc2cccc(F)c2)cc2c(Cl)cccc21. The summed E-state index contributed by atoms with van der Waals surface area (Å²) in [6, 6.07) is 13.8. The highest BCUT2D eigenvalue weighted by Gasteiger charge is 2.14. The Hall–Kier alpha value is -2.33. The molecule has 23 heavy (non-hydrogen) atoms. The van der Waals surface area contributed by atoms with Crippen LogP contribution in [-0.4, -0.2) is 17.0 Å². The standard InChI is InChI=1S/C18H16ClFN2O/c1-22-16-7-3-6-15(19)14(16)11-17(22)18(23)21-9-8-12-4-2-5-13(20)10-12/h2-7,10-11H,8-9H2,1H3,(H,21,23). The van der Waals surface area contributed by atoms with Crippen LogP contribution in [0.3, 0.4) is 0 Å². The molecule has 5 heteroatoms. The molecule has 3 aromatic rings. The summed E-state index contributed by atoms with van der Waals surface area (Å²) in [6.45, 7) is 0.442. The zero-order valence-electron chi connectivity index (χ0n) is 12.6. The lowest BCUT2D eigenvalue weighted by Gasteiger charge is -2.07. The fourth-order valence-corrected chi connectivity index (χ4v) is 2.87. The van der Waals surface area contributed by atoms with Crippen molar-refractivity contribution in [2.45, 2.75) is 6.42 Å². The van der Waals surface area contributed by atoms with Gasteiger partial charge >= 0.3 is 0 Å². The van der Waals surface area contributed by atoms with Gasteiger partial charge in [0.05, 0.1) is 0 Å². The topological polar surface area (TPSA) is 34.0 Å². The quantitative estimate of drug-likeness (QED) is 0.772. The summed E-state index contributed by atoms with van der Waals surface area (Å²) >= 11 is 6.17. The summed E-state index contributed by atoms with van der Waals surface area (Å²) in [4.78, 5) is 12.4. The van der Waals surface area contributed by atoms with Gasteiger partial charge in [-0.1, -0.05) is 29.8 Å². The third-order valence-corrected chi connectivity index (χ3v) is 4.18. The Morgan fingerprint density at radius 2 is 2.00 bits per heavy atom. The highest BCUT2D eigenvalue weighted by Crippen LogP contribution is 2.26. The van der Waals surface area contributed by atoms with Gasteiger partial charge in [-0.15, -0.1) is 0 Å². The first kappa shape index (κ1) is 15.6. The van der Waals surface area contributed by atoms with Gasteiger partial charge in [-0.05, 0) is 42.3 Å². The van der Waals surface area contributed by atoms with Crippen molar-refractivity contribution in [1.29, 1.82) is 0 Å². The van der Waals surface area contributed by atoms with Crippen molar-refractivity contribution < 1.29 is 9.18 Å². The largest absolute Gasteiger partial charge is 0.350 e. The van der Waals surface area contributed by atoms with Crippen LogP contribution in [-0.2, 0) is 13.5 Å². The van der Waals surface area contributed by atoms with E-state index >= 15 is 0 Å². The lowest BCUT2D eigenvalue weighted by Crippen LogP contribution is -2.27. The normalized spacial score (nSPS) is 10.9. The first-order chi connectivity index (χ1) is 11.1. The Balaban J connectivity index is 1.71. The van der Waals surface area contributed by atoms with Crippen LogP contribution in [0.1, 0.15) is 16.1 Å². The van der Waals surface area contributed by atoms with Gasteiger partial charge < -0.3 is 9.88 Å². The molecule has 1 heterocycles. The summed E-state index contributed by atoms with van der Waals surface area (Å²) in [7, 11) is 1.83. The average molecular weight is 331 g/mol. The van der Waals surface area contributed by atoms with E-state index in [2.05, 4.69) is 5.32 Å². The van der Waals surface area contributed by atoms with E-state index in [1.165, 1.54) is 12.1 Å². The van der Waals surface area contributed by atoms with Crippen molar-refractivity contribution in [3.63, 3.8) is 0 Å². The van der Waals surface area contributed by atoms with Crippen LogP contribution in [0.15, 0.2) is 48.5 Å². The molecule has 0 saturated heterocycles.